The van der Waals surface area contributed by atoms with E-state index in [-0.39, 0.29) is 27.3 Å². The molecule has 0 radical (unpaired) electrons. The van der Waals surface area contributed by atoms with Gasteiger partial charge in [0.05, 0.1) is 17.6 Å². The first-order valence-electron chi connectivity index (χ1n) is 15.0. The predicted molar refractivity (Wildman–Crippen MR) is 181 cm³/mol. The topological polar surface area (TPSA) is 146 Å². The molecule has 1 aliphatic rings. The molecule has 4 aromatic rings. The van der Waals surface area contributed by atoms with E-state index in [9.17, 15) is 19.5 Å². The number of thiophene rings is 1. The van der Waals surface area contributed by atoms with Crippen LogP contribution in [-0.2, 0) is 9.48 Å². The minimum atomic E-state index is -1.30. The lowest BCUT2D eigenvalue weighted by molar-refractivity contribution is 0.0636. The number of thiazole rings is 1. The second-order valence-electron chi connectivity index (χ2n) is 13.1. The number of halogens is 2. The Labute approximate surface area is 277 Å². The Balaban J connectivity index is 1.64. The average Bonchev–Trinajstić information content (AvgIpc) is 3.56. The Morgan fingerprint density at radius 1 is 1.09 bits per heavy atom. The van der Waals surface area contributed by atoms with Gasteiger partial charge in [-0.1, -0.05) is 6.07 Å². The molecule has 5 rings (SSSR count). The van der Waals surface area contributed by atoms with Crippen LogP contribution in [0.3, 0.4) is 0 Å². The van der Waals surface area contributed by atoms with Gasteiger partial charge in [0.25, 0.3) is 15.9 Å². The number of benzene rings is 1. The van der Waals surface area contributed by atoms with Crippen molar-refractivity contribution in [3.05, 3.63) is 53.2 Å². The molecule has 0 bridgehead atoms. The van der Waals surface area contributed by atoms with Crippen molar-refractivity contribution < 1.29 is 33.0 Å². The van der Waals surface area contributed by atoms with Gasteiger partial charge in [0.15, 0.2) is 0 Å². The Morgan fingerprint density at radius 3 is 2.43 bits per heavy atom. The zero-order chi connectivity index (χ0) is 34.3. The number of piperidine rings is 1. The summed E-state index contributed by atoms with van der Waals surface area (Å²) in [7, 11) is -1.30. The van der Waals surface area contributed by atoms with Crippen LogP contribution in [0.25, 0.3) is 20.8 Å². The highest BCUT2D eigenvalue weighted by Gasteiger charge is 2.44. The summed E-state index contributed by atoms with van der Waals surface area (Å²) in [5, 5.41) is 20.2. The molecule has 1 saturated heterocycles. The normalized spacial score (nSPS) is 15.8. The number of hydrogen-bond acceptors (Lipinski definition) is 8. The molecule has 0 saturated carbocycles. The third kappa shape index (κ3) is 7.46. The van der Waals surface area contributed by atoms with E-state index in [4.69, 9.17) is 4.74 Å². The molecule has 1 unspecified atom stereocenters. The maximum atomic E-state index is 15.2. The highest BCUT2D eigenvalue weighted by molar-refractivity contribution is 7.39. The minimum absolute atomic E-state index is 0.0189. The van der Waals surface area contributed by atoms with Crippen LogP contribution >= 0.6 is 21.8 Å². The fourth-order valence-electron chi connectivity index (χ4n) is 5.51. The zero-order valence-corrected chi connectivity index (χ0v) is 28.5. The van der Waals surface area contributed by atoms with E-state index in [0.717, 1.165) is 22.3 Å². The second kappa shape index (κ2) is 13.0. The Kier molecular flexibility index (Phi) is 9.42. The molecule has 250 valence electrons. The summed E-state index contributed by atoms with van der Waals surface area (Å²) in [6.45, 7) is 11.5. The fraction of sp³-hybridized carbons (Fsp3) is 0.406. The monoisotopic (exact) mass is 687 g/mol. The van der Waals surface area contributed by atoms with Gasteiger partial charge in [-0.25, -0.2) is 28.7 Å². The Hall–Kier alpha value is -4.37. The second-order valence-corrected chi connectivity index (χ2v) is 16.6. The van der Waals surface area contributed by atoms with Crippen LogP contribution in [0.15, 0.2) is 35.8 Å². The standard InChI is InChI=1S/C32H36F2N6O5S2/c1-31(2,3)45-30(44)39-28-23(38-27(47(28)32(4,5)6)22-19(33)10-7-11-20(22)34)25(41)37-21-15-35-26-18(12-14-46-26)24(21)40-13-8-9-17(16-40)36-29(42)43/h7,10-12,14-15,17,36H,8-9,13,16H2,1-6H3,(H2-,37,39,41,42,43,44)/p+1/t17-,47?/m0/s1. The number of carboxylic acid groups (broad SMARTS) is 1. The summed E-state index contributed by atoms with van der Waals surface area (Å²) in [6.07, 6.45) is 0.915. The minimum Gasteiger partial charge on any atom is -0.465 e. The Bertz CT molecular complexity index is 1830. The molecule has 0 spiro atoms. The van der Waals surface area contributed by atoms with Crippen LogP contribution < -0.4 is 20.9 Å². The smallest absolute Gasteiger partial charge is 0.415 e. The van der Waals surface area contributed by atoms with Crippen molar-refractivity contribution in [2.75, 3.05) is 28.6 Å². The number of hydrogen-bond donors (Lipinski definition) is 4. The van der Waals surface area contributed by atoms with Gasteiger partial charge in [0.2, 0.25) is 5.69 Å². The summed E-state index contributed by atoms with van der Waals surface area (Å²) < 4.78 is 35.2. The number of aromatic nitrogens is 2. The number of anilines is 3. The van der Waals surface area contributed by atoms with Crippen molar-refractivity contribution in [3.63, 3.8) is 0 Å². The molecular formula is C32H37F2N6O5S2+. The van der Waals surface area contributed by atoms with Crippen molar-refractivity contribution in [2.24, 2.45) is 0 Å². The van der Waals surface area contributed by atoms with E-state index in [1.807, 2.05) is 37.1 Å². The van der Waals surface area contributed by atoms with Gasteiger partial charge in [0.1, 0.15) is 32.4 Å². The van der Waals surface area contributed by atoms with Crippen molar-refractivity contribution >= 4 is 66.5 Å². The molecule has 0 aliphatic carbocycles. The lowest BCUT2D eigenvalue weighted by Crippen LogP contribution is -2.47. The first kappa shape index (κ1) is 34.0. The highest BCUT2D eigenvalue weighted by Crippen LogP contribution is 2.53. The maximum absolute atomic E-state index is 15.2. The molecule has 4 N–H and O–H groups in total. The number of carbonyl (C=O) groups is 3. The van der Waals surface area contributed by atoms with E-state index < -0.39 is 50.5 Å². The van der Waals surface area contributed by atoms with E-state index >= 15 is 8.78 Å². The van der Waals surface area contributed by atoms with E-state index in [1.54, 1.807) is 20.8 Å². The number of nitrogens with zero attached hydrogens (tertiary/aromatic N) is 3. The summed E-state index contributed by atoms with van der Waals surface area (Å²) in [5.41, 5.74) is -0.499. The highest BCUT2D eigenvalue weighted by atomic mass is 32.2. The van der Waals surface area contributed by atoms with Crippen molar-refractivity contribution in [3.8, 4) is 10.6 Å². The van der Waals surface area contributed by atoms with Crippen molar-refractivity contribution in [1.29, 1.82) is 0 Å². The van der Waals surface area contributed by atoms with Gasteiger partial charge in [0, 0.05) is 35.0 Å². The van der Waals surface area contributed by atoms with Crippen LogP contribution in [0.4, 0.5) is 34.7 Å². The van der Waals surface area contributed by atoms with Crippen LogP contribution in [0.5, 0.6) is 0 Å². The SMILES string of the molecule is CC(C)(C)OC(=O)Nc1c(C(=O)Nc2cnc3sccc3c2N2CCC[C@H](NC(=O)O)C2)nc(-c2c(F)cccc2F)[s+]1C(C)(C)C. The molecule has 47 heavy (non-hydrogen) atoms. The number of rotatable bonds is 6. The first-order valence-corrected chi connectivity index (χ1v) is 17.1. The van der Waals surface area contributed by atoms with E-state index in [1.165, 1.54) is 23.6 Å². The molecule has 1 fully saturated rings. The number of amides is 3. The van der Waals surface area contributed by atoms with Crippen LogP contribution in [0, 0.1) is 11.6 Å². The van der Waals surface area contributed by atoms with Crippen LogP contribution in [-0.4, -0.2) is 57.9 Å². The molecule has 1 aromatic carbocycles. The number of fused-ring (bicyclic) bond motifs is 1. The van der Waals surface area contributed by atoms with Gasteiger partial charge in [-0.15, -0.1) is 11.3 Å². The van der Waals surface area contributed by atoms with E-state index in [2.05, 4.69) is 25.9 Å². The summed E-state index contributed by atoms with van der Waals surface area (Å²) in [5.74, 6) is -2.44. The fourth-order valence-corrected chi connectivity index (χ4v) is 8.73. The third-order valence-corrected chi connectivity index (χ3v) is 10.7. The van der Waals surface area contributed by atoms with Crippen LogP contribution in [0.1, 0.15) is 64.9 Å². The Morgan fingerprint density at radius 2 is 1.79 bits per heavy atom. The molecule has 11 nitrogen and oxygen atoms in total. The number of pyridine rings is 1. The molecular weight excluding hydrogens is 651 g/mol. The van der Waals surface area contributed by atoms with Gasteiger partial charge in [-0.05, 0) is 78.0 Å². The van der Waals surface area contributed by atoms with Gasteiger partial charge >= 0.3 is 12.2 Å². The predicted octanol–water partition coefficient (Wildman–Crippen LogP) is 7.98. The molecule has 1 aliphatic heterocycles. The first-order chi connectivity index (χ1) is 22.0. The molecule has 2 atom stereocenters. The van der Waals surface area contributed by atoms with Gasteiger partial charge in [-0.3, -0.25) is 4.79 Å². The number of nitrogens with one attached hydrogen (secondary N) is 3. The molecule has 15 heteroatoms. The summed E-state index contributed by atoms with van der Waals surface area (Å²) in [6, 6.07) is 5.02. The van der Waals surface area contributed by atoms with Gasteiger partial charge in [-0.2, -0.15) is 4.98 Å². The third-order valence-electron chi connectivity index (χ3n) is 7.22. The number of ether oxygens (including phenoxy) is 1. The zero-order valence-electron chi connectivity index (χ0n) is 26.9. The largest absolute Gasteiger partial charge is 0.465 e. The van der Waals surface area contributed by atoms with Gasteiger partial charge < -0.3 is 25.4 Å². The van der Waals surface area contributed by atoms with Crippen LogP contribution in [0.2, 0.25) is 0 Å². The summed E-state index contributed by atoms with van der Waals surface area (Å²) in [4.78, 5) is 50.5. The lowest BCUT2D eigenvalue weighted by Gasteiger charge is -2.35. The number of carbonyl (C=O) groups excluding carboxylic acids is 2. The maximum Gasteiger partial charge on any atom is 0.415 e. The average molecular weight is 688 g/mol. The molecule has 3 aromatic heterocycles. The van der Waals surface area contributed by atoms with Crippen molar-refractivity contribution in [1.82, 2.24) is 15.3 Å². The van der Waals surface area contributed by atoms with Crippen molar-refractivity contribution in [2.45, 2.75) is 70.8 Å². The molecule has 4 heterocycles. The quantitative estimate of drug-likeness (QED) is 0.149. The molecule has 3 amide bonds. The lowest BCUT2D eigenvalue weighted by atomic mass is 10.0. The van der Waals surface area contributed by atoms with E-state index in [0.29, 0.717) is 37.3 Å². The summed E-state index contributed by atoms with van der Waals surface area (Å²) >= 11 is 1.42.